The van der Waals surface area contributed by atoms with Crippen LogP contribution in [0, 0.1) is 6.92 Å². The smallest absolute Gasteiger partial charge is 0.266 e. The maximum absolute atomic E-state index is 12.1. The van der Waals surface area contributed by atoms with E-state index in [-0.39, 0.29) is 15.6 Å². The molecule has 0 aliphatic rings. The molecule has 0 aliphatic heterocycles. The van der Waals surface area contributed by atoms with Crippen LogP contribution >= 0.6 is 23.2 Å². The van der Waals surface area contributed by atoms with Crippen molar-refractivity contribution in [3.8, 4) is 0 Å². The van der Waals surface area contributed by atoms with E-state index in [4.69, 9.17) is 23.2 Å². The van der Waals surface area contributed by atoms with E-state index in [1.165, 1.54) is 6.20 Å². The van der Waals surface area contributed by atoms with E-state index < -0.39 is 15.6 Å². The Labute approximate surface area is 124 Å². The lowest BCUT2D eigenvalue weighted by atomic mass is 10.3. The molecule has 0 aliphatic carbocycles. The number of sulfonamides is 1. The van der Waals surface area contributed by atoms with Crippen molar-refractivity contribution in [1.82, 2.24) is 9.97 Å². The van der Waals surface area contributed by atoms with E-state index >= 15 is 0 Å². The predicted octanol–water partition coefficient (Wildman–Crippen LogP) is 2.19. The van der Waals surface area contributed by atoms with Gasteiger partial charge in [-0.1, -0.05) is 23.2 Å². The molecule has 6 nitrogen and oxygen atoms in total. The van der Waals surface area contributed by atoms with Crippen molar-refractivity contribution in [2.45, 2.75) is 11.8 Å². The van der Waals surface area contributed by atoms with E-state index in [2.05, 4.69) is 14.7 Å². The summed E-state index contributed by atoms with van der Waals surface area (Å²) < 4.78 is 26.5. The molecule has 2 aromatic heterocycles. The molecule has 2 aromatic rings. The second-order valence-corrected chi connectivity index (χ2v) is 6.40. The summed E-state index contributed by atoms with van der Waals surface area (Å²) in [6.45, 7) is 1.70. The number of nitrogens with zero attached hydrogens (tertiary/aromatic N) is 1. The quantitative estimate of drug-likeness (QED) is 0.842. The van der Waals surface area contributed by atoms with E-state index in [1.807, 2.05) is 0 Å². The molecule has 0 saturated carbocycles. The number of hydrogen-bond acceptors (Lipinski definition) is 4. The molecule has 2 N–H and O–H groups in total. The molecular formula is C11H9Cl2N3O3S. The third-order valence-corrected chi connectivity index (χ3v) is 4.45. The fraction of sp³-hybridized carbons (Fsp3) is 0.0909. The van der Waals surface area contributed by atoms with Gasteiger partial charge in [0.05, 0.1) is 11.9 Å². The summed E-state index contributed by atoms with van der Waals surface area (Å²) >= 11 is 11.4. The molecule has 2 heterocycles. The zero-order valence-electron chi connectivity index (χ0n) is 10.1. The Morgan fingerprint density at radius 1 is 1.30 bits per heavy atom. The van der Waals surface area contributed by atoms with Gasteiger partial charge in [0.1, 0.15) is 15.1 Å². The van der Waals surface area contributed by atoms with Crippen molar-refractivity contribution in [3.63, 3.8) is 0 Å². The summed E-state index contributed by atoms with van der Waals surface area (Å²) in [4.78, 5) is 17.0. The van der Waals surface area contributed by atoms with Gasteiger partial charge in [0.15, 0.2) is 0 Å². The molecule has 0 atom stereocenters. The molecule has 0 radical (unpaired) electrons. The number of anilines is 1. The lowest BCUT2D eigenvalue weighted by molar-refractivity contribution is 0.600. The number of rotatable bonds is 3. The van der Waals surface area contributed by atoms with Gasteiger partial charge in [0, 0.05) is 6.20 Å². The van der Waals surface area contributed by atoms with Gasteiger partial charge >= 0.3 is 0 Å². The van der Waals surface area contributed by atoms with E-state index in [0.29, 0.717) is 10.7 Å². The van der Waals surface area contributed by atoms with Gasteiger partial charge in [-0.05, 0) is 24.6 Å². The van der Waals surface area contributed by atoms with Crippen LogP contribution in [0.1, 0.15) is 5.56 Å². The monoisotopic (exact) mass is 333 g/mol. The minimum absolute atomic E-state index is 0.158. The Balaban J connectivity index is 2.37. The third-order valence-electron chi connectivity index (χ3n) is 2.41. The lowest BCUT2D eigenvalue weighted by Crippen LogP contribution is -2.16. The lowest BCUT2D eigenvalue weighted by Gasteiger charge is -2.08. The maximum atomic E-state index is 12.1. The molecule has 9 heteroatoms. The summed E-state index contributed by atoms with van der Waals surface area (Å²) in [5, 5.41) is 0.0818. The highest BCUT2D eigenvalue weighted by atomic mass is 35.5. The van der Waals surface area contributed by atoms with Crippen molar-refractivity contribution < 1.29 is 8.42 Å². The van der Waals surface area contributed by atoms with Crippen molar-refractivity contribution in [2.24, 2.45) is 0 Å². The molecule has 0 unspecified atom stereocenters. The molecule has 0 bridgehead atoms. The second-order valence-electron chi connectivity index (χ2n) is 3.95. The average molecular weight is 334 g/mol. The summed E-state index contributed by atoms with van der Waals surface area (Å²) in [6.07, 6.45) is 2.35. The standard InChI is InChI=1S/C11H9Cl2N3O3S/c1-6-2-7(4-14-10(6)13)16-20(18,19)8-3-9(12)11(17)15-5-8/h2-5,16H,1H3,(H,15,17). The number of nitrogens with one attached hydrogen (secondary N) is 2. The van der Waals surface area contributed by atoms with Crippen LogP contribution in [0.4, 0.5) is 5.69 Å². The second kappa shape index (κ2) is 5.43. The molecule has 0 fully saturated rings. The molecule has 2 rings (SSSR count). The molecule has 20 heavy (non-hydrogen) atoms. The van der Waals surface area contributed by atoms with Crippen molar-refractivity contribution in [1.29, 1.82) is 0 Å². The van der Waals surface area contributed by atoms with E-state index in [1.54, 1.807) is 13.0 Å². The highest BCUT2D eigenvalue weighted by molar-refractivity contribution is 7.92. The van der Waals surface area contributed by atoms with Crippen LogP contribution in [-0.4, -0.2) is 18.4 Å². The Morgan fingerprint density at radius 2 is 2.00 bits per heavy atom. The Morgan fingerprint density at radius 3 is 2.60 bits per heavy atom. The fourth-order valence-electron chi connectivity index (χ4n) is 1.42. The predicted molar refractivity (Wildman–Crippen MR) is 76.9 cm³/mol. The van der Waals surface area contributed by atoms with Gasteiger partial charge < -0.3 is 4.98 Å². The fourth-order valence-corrected chi connectivity index (χ4v) is 2.79. The maximum Gasteiger partial charge on any atom is 0.266 e. The van der Waals surface area contributed by atoms with E-state index in [0.717, 1.165) is 12.3 Å². The van der Waals surface area contributed by atoms with Gasteiger partial charge in [-0.15, -0.1) is 0 Å². The van der Waals surface area contributed by atoms with E-state index in [9.17, 15) is 13.2 Å². The zero-order valence-corrected chi connectivity index (χ0v) is 12.5. The molecule has 106 valence electrons. The van der Waals surface area contributed by atoms with Crippen LogP contribution in [0.3, 0.4) is 0 Å². The first-order valence-electron chi connectivity index (χ1n) is 5.33. The average Bonchev–Trinajstić information content (AvgIpc) is 2.37. The Hall–Kier alpha value is -1.57. The van der Waals surface area contributed by atoms with Crippen molar-refractivity contribution in [2.75, 3.05) is 4.72 Å². The van der Waals surface area contributed by atoms with Crippen molar-refractivity contribution in [3.05, 3.63) is 50.6 Å². The number of H-pyrrole nitrogens is 1. The minimum Gasteiger partial charge on any atom is -0.326 e. The number of aryl methyl sites for hydroxylation is 1. The SMILES string of the molecule is Cc1cc(NS(=O)(=O)c2c[nH]c(=O)c(Cl)c2)cnc1Cl. The first kappa shape index (κ1) is 14.8. The molecule has 0 spiro atoms. The van der Waals surface area contributed by atoms with Crippen molar-refractivity contribution >= 4 is 38.9 Å². The Kier molecular flexibility index (Phi) is 4.03. The number of halogens is 2. The van der Waals surface area contributed by atoms with Crippen LogP contribution in [0.25, 0.3) is 0 Å². The topological polar surface area (TPSA) is 91.9 Å². The summed E-state index contributed by atoms with van der Waals surface area (Å²) in [5.41, 5.74) is 0.329. The largest absolute Gasteiger partial charge is 0.326 e. The molecular weight excluding hydrogens is 325 g/mol. The molecule has 0 amide bonds. The van der Waals surface area contributed by atoms with Gasteiger partial charge in [0.25, 0.3) is 15.6 Å². The zero-order chi connectivity index (χ0) is 14.9. The van der Waals surface area contributed by atoms with Gasteiger partial charge in [-0.2, -0.15) is 0 Å². The number of pyridine rings is 2. The van der Waals surface area contributed by atoms with Gasteiger partial charge in [0.2, 0.25) is 0 Å². The molecule has 0 saturated heterocycles. The molecule has 0 aromatic carbocycles. The summed E-state index contributed by atoms with van der Waals surface area (Å²) in [7, 11) is -3.87. The first-order chi connectivity index (χ1) is 9.29. The van der Waals surface area contributed by atoms with Gasteiger partial charge in [-0.3, -0.25) is 9.52 Å². The Bertz CT molecular complexity index is 818. The number of hydrogen-bond donors (Lipinski definition) is 2. The van der Waals surface area contributed by atoms with Crippen LogP contribution in [0.15, 0.2) is 34.2 Å². The van der Waals surface area contributed by atoms with Gasteiger partial charge in [-0.25, -0.2) is 13.4 Å². The van der Waals surface area contributed by atoms with Crippen LogP contribution in [-0.2, 0) is 10.0 Å². The third kappa shape index (κ3) is 3.12. The summed E-state index contributed by atoms with van der Waals surface area (Å²) in [6, 6.07) is 2.61. The summed E-state index contributed by atoms with van der Waals surface area (Å²) in [5.74, 6) is 0. The first-order valence-corrected chi connectivity index (χ1v) is 7.57. The van der Waals surface area contributed by atoms with Crippen LogP contribution in [0.5, 0.6) is 0 Å². The minimum atomic E-state index is -3.87. The van der Waals surface area contributed by atoms with Crippen LogP contribution in [0.2, 0.25) is 10.2 Å². The van der Waals surface area contributed by atoms with Crippen LogP contribution < -0.4 is 10.3 Å². The highest BCUT2D eigenvalue weighted by Gasteiger charge is 2.16. The normalized spacial score (nSPS) is 11.3. The highest BCUT2D eigenvalue weighted by Crippen LogP contribution is 2.20. The number of aromatic nitrogens is 2. The number of aromatic amines is 1.